The molecule has 0 radical (unpaired) electrons. The summed E-state index contributed by atoms with van der Waals surface area (Å²) in [6.07, 6.45) is -0.291. The zero-order chi connectivity index (χ0) is 25.9. The van der Waals surface area contributed by atoms with Gasteiger partial charge in [-0.05, 0) is 23.7 Å². The van der Waals surface area contributed by atoms with Gasteiger partial charge < -0.3 is 13.9 Å². The van der Waals surface area contributed by atoms with Gasteiger partial charge in [0.15, 0.2) is 19.5 Å². The molecule has 14 heteroatoms. The van der Waals surface area contributed by atoms with Crippen molar-refractivity contribution in [3.8, 4) is 0 Å². The molecule has 4 rings (SSSR count). The van der Waals surface area contributed by atoms with E-state index in [1.807, 2.05) is 0 Å². The Bertz CT molecular complexity index is 1260. The molecule has 0 bridgehead atoms. The molecule has 35 heavy (non-hydrogen) atoms. The fourth-order valence-corrected chi connectivity index (χ4v) is 5.43. The number of aromatic nitrogens is 4. The van der Waals surface area contributed by atoms with Gasteiger partial charge in [-0.1, -0.05) is 39.7 Å². The SMILES string of the molecule is CO[C@]12C(N=[N+]=[N-])[C@H](n3cnc4c(=O)[nH]c(NC(=O)C(C)C)nc43)O[C@@H]1C2O[Si](C)(C)C(C)(C)C. The molecule has 1 amide bonds. The molecule has 1 aliphatic heterocycles. The predicted molar refractivity (Wildman–Crippen MR) is 130 cm³/mol. The minimum Gasteiger partial charge on any atom is -0.408 e. The number of amides is 1. The van der Waals surface area contributed by atoms with E-state index >= 15 is 0 Å². The molecular weight excluding hydrogens is 472 g/mol. The normalized spacial score (nSPS) is 28.1. The number of nitrogens with zero attached hydrogens (tertiary/aromatic N) is 6. The molecule has 2 unspecified atom stereocenters. The lowest BCUT2D eigenvalue weighted by Crippen LogP contribution is -2.46. The lowest BCUT2D eigenvalue weighted by atomic mass is 10.1. The van der Waals surface area contributed by atoms with Gasteiger partial charge in [-0.15, -0.1) is 0 Å². The molecule has 2 aromatic heterocycles. The Labute approximate surface area is 203 Å². The molecule has 1 saturated heterocycles. The number of fused-ring (bicyclic) bond motifs is 2. The number of ether oxygens (including phenoxy) is 2. The predicted octanol–water partition coefficient (Wildman–Crippen LogP) is 3.08. The largest absolute Gasteiger partial charge is 0.408 e. The van der Waals surface area contributed by atoms with Gasteiger partial charge in [-0.3, -0.25) is 24.5 Å². The highest BCUT2D eigenvalue weighted by Crippen LogP contribution is 2.60. The van der Waals surface area contributed by atoms with Crippen LogP contribution in [-0.4, -0.2) is 64.7 Å². The Hall–Kier alpha value is -2.77. The van der Waals surface area contributed by atoms with Gasteiger partial charge in [0.05, 0.1) is 6.33 Å². The van der Waals surface area contributed by atoms with Crippen molar-refractivity contribution in [1.29, 1.82) is 0 Å². The van der Waals surface area contributed by atoms with Crippen molar-refractivity contribution in [2.45, 2.75) is 82.8 Å². The summed E-state index contributed by atoms with van der Waals surface area (Å²) in [4.78, 5) is 38.9. The second-order valence-corrected chi connectivity index (χ2v) is 15.6. The van der Waals surface area contributed by atoms with Crippen molar-refractivity contribution in [1.82, 2.24) is 19.5 Å². The Balaban J connectivity index is 1.71. The summed E-state index contributed by atoms with van der Waals surface area (Å²) in [5.41, 5.74) is 8.12. The average Bonchev–Trinajstić information content (AvgIpc) is 3.04. The number of anilines is 1. The zero-order valence-electron chi connectivity index (χ0n) is 21.2. The van der Waals surface area contributed by atoms with Crippen LogP contribution in [0.5, 0.6) is 0 Å². The highest BCUT2D eigenvalue weighted by atomic mass is 28.4. The average molecular weight is 505 g/mol. The van der Waals surface area contributed by atoms with Gasteiger partial charge in [-0.25, -0.2) is 4.98 Å². The maximum Gasteiger partial charge on any atom is 0.280 e. The molecule has 190 valence electrons. The van der Waals surface area contributed by atoms with Gasteiger partial charge in [-0.2, -0.15) is 4.98 Å². The topological polar surface area (TPSA) is 169 Å². The molecule has 2 N–H and O–H groups in total. The van der Waals surface area contributed by atoms with Crippen LogP contribution in [0.3, 0.4) is 0 Å². The second kappa shape index (κ2) is 8.42. The molecular formula is C21H32N8O5Si. The van der Waals surface area contributed by atoms with E-state index in [2.05, 4.69) is 64.2 Å². The molecule has 3 heterocycles. The maximum absolute atomic E-state index is 12.6. The summed E-state index contributed by atoms with van der Waals surface area (Å²) < 4.78 is 20.3. The first-order chi connectivity index (χ1) is 16.3. The lowest BCUT2D eigenvalue weighted by Gasteiger charge is -2.38. The molecule has 1 saturated carbocycles. The quantitative estimate of drug-likeness (QED) is 0.252. The van der Waals surface area contributed by atoms with Crippen LogP contribution in [0.2, 0.25) is 18.1 Å². The lowest BCUT2D eigenvalue weighted by molar-refractivity contribution is -0.118. The van der Waals surface area contributed by atoms with E-state index < -0.39 is 44.0 Å². The van der Waals surface area contributed by atoms with Crippen LogP contribution in [0, 0.1) is 5.92 Å². The number of nitrogens with one attached hydrogen (secondary N) is 2. The van der Waals surface area contributed by atoms with Crippen LogP contribution in [-0.2, 0) is 18.7 Å². The van der Waals surface area contributed by atoms with E-state index in [4.69, 9.17) is 13.9 Å². The van der Waals surface area contributed by atoms with Gasteiger partial charge in [0.1, 0.15) is 30.1 Å². The Kier molecular flexibility index (Phi) is 6.09. The number of azide groups is 1. The number of methoxy groups -OCH3 is 1. The Morgan fingerprint density at radius 2 is 2.11 bits per heavy atom. The van der Waals surface area contributed by atoms with Crippen molar-refractivity contribution in [3.63, 3.8) is 0 Å². The number of rotatable bonds is 7. The van der Waals surface area contributed by atoms with E-state index in [0.29, 0.717) is 0 Å². The molecule has 0 spiro atoms. The third kappa shape index (κ3) is 3.95. The molecule has 2 aromatic rings. The molecule has 5 atom stereocenters. The third-order valence-corrected chi connectivity index (χ3v) is 11.8. The number of H-pyrrole nitrogens is 1. The fraction of sp³-hybridized carbons (Fsp3) is 0.714. The third-order valence-electron chi connectivity index (χ3n) is 7.30. The molecule has 1 aliphatic carbocycles. The molecule has 2 aliphatic rings. The molecule has 2 fully saturated rings. The van der Waals surface area contributed by atoms with Crippen LogP contribution in [0.25, 0.3) is 21.6 Å². The van der Waals surface area contributed by atoms with Crippen LogP contribution in [0.1, 0.15) is 40.8 Å². The molecule has 0 aromatic carbocycles. The minimum atomic E-state index is -2.17. The summed E-state index contributed by atoms with van der Waals surface area (Å²) in [6.45, 7) is 14.2. The summed E-state index contributed by atoms with van der Waals surface area (Å²) >= 11 is 0. The van der Waals surface area contributed by atoms with E-state index in [1.165, 1.54) is 10.9 Å². The first kappa shape index (κ1) is 25.3. The highest BCUT2D eigenvalue weighted by molar-refractivity contribution is 6.74. The van der Waals surface area contributed by atoms with Crippen LogP contribution < -0.4 is 10.9 Å². The van der Waals surface area contributed by atoms with Crippen molar-refractivity contribution in [2.24, 2.45) is 11.0 Å². The fourth-order valence-electron chi connectivity index (χ4n) is 4.14. The standard InChI is InChI=1S/C21H32N8O5Si/c1-10(2)16(30)25-19-24-15-11(17(31)26-19)23-9-29(15)18-12(27-28-22)21(32-6)13(33-18)14(21)34-35(7,8)20(3,4)5/h9-10,12-14,18H,1-8H3,(H2,24,25,26,30,31)/t12?,13-,14?,18-,21-/m1/s1. The van der Waals surface area contributed by atoms with Crippen molar-refractivity contribution >= 4 is 31.3 Å². The first-order valence-corrected chi connectivity index (χ1v) is 14.4. The Morgan fingerprint density at radius 1 is 1.43 bits per heavy atom. The van der Waals surface area contributed by atoms with Crippen LogP contribution in [0.15, 0.2) is 16.2 Å². The minimum absolute atomic E-state index is 0.00738. The molecule has 13 nitrogen and oxygen atoms in total. The maximum atomic E-state index is 12.6. The van der Waals surface area contributed by atoms with Crippen LogP contribution in [0.4, 0.5) is 5.95 Å². The van der Waals surface area contributed by atoms with E-state index in [9.17, 15) is 15.1 Å². The van der Waals surface area contributed by atoms with E-state index in [1.54, 1.807) is 21.0 Å². The van der Waals surface area contributed by atoms with E-state index in [0.717, 1.165) is 0 Å². The van der Waals surface area contributed by atoms with Gasteiger partial charge in [0, 0.05) is 17.9 Å². The monoisotopic (exact) mass is 504 g/mol. The first-order valence-electron chi connectivity index (χ1n) is 11.5. The smallest absolute Gasteiger partial charge is 0.280 e. The summed E-state index contributed by atoms with van der Waals surface area (Å²) in [7, 11) is -0.627. The second-order valence-electron chi connectivity index (χ2n) is 10.8. The van der Waals surface area contributed by atoms with Crippen LogP contribution >= 0.6 is 0 Å². The zero-order valence-corrected chi connectivity index (χ0v) is 22.2. The summed E-state index contributed by atoms with van der Waals surface area (Å²) in [5.74, 6) is -0.611. The summed E-state index contributed by atoms with van der Waals surface area (Å²) in [5, 5.41) is 6.58. The number of hydrogen-bond acceptors (Lipinski definition) is 8. The number of carbonyl (C=O) groups is 1. The van der Waals surface area contributed by atoms with Gasteiger partial charge in [0.25, 0.3) is 5.56 Å². The Morgan fingerprint density at radius 3 is 2.69 bits per heavy atom. The van der Waals surface area contributed by atoms with Gasteiger partial charge >= 0.3 is 0 Å². The van der Waals surface area contributed by atoms with Crippen molar-refractivity contribution in [2.75, 3.05) is 12.4 Å². The highest BCUT2D eigenvalue weighted by Gasteiger charge is 2.79. The van der Waals surface area contributed by atoms with Crippen molar-refractivity contribution < 1.29 is 18.7 Å². The number of aromatic amines is 1. The number of carbonyl (C=O) groups excluding carboxylic acids is 1. The number of imidazole rings is 1. The van der Waals surface area contributed by atoms with Crippen molar-refractivity contribution in [3.05, 3.63) is 27.1 Å². The summed E-state index contributed by atoms with van der Waals surface area (Å²) in [6, 6.07) is -0.801. The van der Waals surface area contributed by atoms with E-state index in [-0.39, 0.29) is 34.0 Å². The van der Waals surface area contributed by atoms with Gasteiger partial charge in [0.2, 0.25) is 11.9 Å². The number of hydrogen-bond donors (Lipinski definition) is 2.